The van der Waals surface area contributed by atoms with Gasteiger partial charge in [-0.1, -0.05) is 19.1 Å². The lowest BCUT2D eigenvalue weighted by molar-refractivity contribution is -0.144. The third-order valence-electron chi connectivity index (χ3n) is 3.41. The Bertz CT molecular complexity index is 697. The van der Waals surface area contributed by atoms with E-state index in [9.17, 15) is 19.2 Å². The lowest BCUT2D eigenvalue weighted by atomic mass is 10.1. The molecule has 27 heavy (non-hydrogen) atoms. The van der Waals surface area contributed by atoms with Crippen molar-refractivity contribution < 1.29 is 28.7 Å². The van der Waals surface area contributed by atoms with E-state index >= 15 is 0 Å². The molecule has 8 heteroatoms. The van der Waals surface area contributed by atoms with Gasteiger partial charge >= 0.3 is 11.9 Å². The van der Waals surface area contributed by atoms with Crippen molar-refractivity contribution in [1.29, 1.82) is 0 Å². The molecule has 0 fully saturated rings. The molecule has 0 aliphatic heterocycles. The van der Waals surface area contributed by atoms with E-state index in [0.717, 1.165) is 12.5 Å². The van der Waals surface area contributed by atoms with Crippen LogP contribution in [0.15, 0.2) is 30.3 Å². The van der Waals surface area contributed by atoms with Gasteiger partial charge in [-0.15, -0.1) is 0 Å². The number of esters is 2. The minimum Gasteiger partial charge on any atom is -0.465 e. The standard InChI is InChI=1S/C19H24N2O6/c1-4-11-20-18(24)13(2)21-16(22)12-27-17(23)10-7-14-5-8-15(9-6-14)19(25)26-3/h5-10,13H,4,11-12H2,1-3H3,(H,20,24)(H,21,22)/b10-7+/t13-/m1/s1. The van der Waals surface area contributed by atoms with Crippen LogP contribution in [0.5, 0.6) is 0 Å². The molecule has 0 radical (unpaired) electrons. The summed E-state index contributed by atoms with van der Waals surface area (Å²) in [6, 6.07) is 5.69. The third kappa shape index (κ3) is 8.17. The summed E-state index contributed by atoms with van der Waals surface area (Å²) in [4.78, 5) is 46.3. The number of ether oxygens (including phenoxy) is 2. The molecule has 1 aromatic carbocycles. The van der Waals surface area contributed by atoms with Crippen molar-refractivity contribution in [3.05, 3.63) is 41.5 Å². The number of benzene rings is 1. The van der Waals surface area contributed by atoms with E-state index in [1.807, 2.05) is 6.92 Å². The molecule has 1 aromatic rings. The molecule has 2 amide bonds. The number of carbonyl (C=O) groups is 4. The molecule has 0 aromatic heterocycles. The zero-order chi connectivity index (χ0) is 20.2. The monoisotopic (exact) mass is 376 g/mol. The Hall–Kier alpha value is -3.16. The van der Waals surface area contributed by atoms with Gasteiger partial charge in [-0.2, -0.15) is 0 Å². The van der Waals surface area contributed by atoms with Gasteiger partial charge < -0.3 is 20.1 Å². The van der Waals surface area contributed by atoms with Gasteiger partial charge in [0.2, 0.25) is 5.91 Å². The number of rotatable bonds is 9. The molecule has 2 N–H and O–H groups in total. The maximum absolute atomic E-state index is 11.7. The van der Waals surface area contributed by atoms with Crippen LogP contribution < -0.4 is 10.6 Å². The molecule has 0 heterocycles. The Morgan fingerprint density at radius 1 is 1.15 bits per heavy atom. The van der Waals surface area contributed by atoms with Crippen molar-refractivity contribution in [2.75, 3.05) is 20.3 Å². The molecule has 0 saturated carbocycles. The molecule has 146 valence electrons. The van der Waals surface area contributed by atoms with Crippen molar-refractivity contribution in [3.63, 3.8) is 0 Å². The topological polar surface area (TPSA) is 111 Å². The summed E-state index contributed by atoms with van der Waals surface area (Å²) in [5, 5.41) is 5.10. The Morgan fingerprint density at radius 2 is 1.81 bits per heavy atom. The van der Waals surface area contributed by atoms with E-state index in [1.165, 1.54) is 13.2 Å². The van der Waals surface area contributed by atoms with Crippen LogP contribution in [0.25, 0.3) is 6.08 Å². The van der Waals surface area contributed by atoms with Gasteiger partial charge in [-0.3, -0.25) is 9.59 Å². The minimum absolute atomic E-state index is 0.299. The van der Waals surface area contributed by atoms with Crippen LogP contribution >= 0.6 is 0 Å². The van der Waals surface area contributed by atoms with Gasteiger partial charge in [0, 0.05) is 12.6 Å². The van der Waals surface area contributed by atoms with E-state index in [1.54, 1.807) is 31.2 Å². The number of hydrogen-bond donors (Lipinski definition) is 2. The summed E-state index contributed by atoms with van der Waals surface area (Å²) < 4.78 is 9.42. The Labute approximate surface area is 157 Å². The molecule has 0 unspecified atom stereocenters. The van der Waals surface area contributed by atoms with Crippen LogP contribution in [0.4, 0.5) is 0 Å². The van der Waals surface area contributed by atoms with Crippen LogP contribution in [0.2, 0.25) is 0 Å². The number of nitrogens with one attached hydrogen (secondary N) is 2. The van der Waals surface area contributed by atoms with Crippen LogP contribution in [0.1, 0.15) is 36.2 Å². The van der Waals surface area contributed by atoms with Crippen LogP contribution in [0.3, 0.4) is 0 Å². The second-order valence-electron chi connectivity index (χ2n) is 5.63. The first-order valence-corrected chi connectivity index (χ1v) is 8.47. The van der Waals surface area contributed by atoms with E-state index in [4.69, 9.17) is 4.74 Å². The Balaban J connectivity index is 2.41. The molecular formula is C19H24N2O6. The summed E-state index contributed by atoms with van der Waals surface area (Å²) in [7, 11) is 1.29. The normalized spacial score (nSPS) is 11.5. The van der Waals surface area contributed by atoms with Crippen molar-refractivity contribution in [3.8, 4) is 0 Å². The molecule has 0 bridgehead atoms. The van der Waals surface area contributed by atoms with Crippen LogP contribution in [-0.4, -0.2) is 50.1 Å². The van der Waals surface area contributed by atoms with Gasteiger partial charge in [-0.25, -0.2) is 9.59 Å². The third-order valence-corrected chi connectivity index (χ3v) is 3.41. The molecule has 0 spiro atoms. The van der Waals surface area contributed by atoms with E-state index < -0.39 is 30.5 Å². The van der Waals surface area contributed by atoms with E-state index in [2.05, 4.69) is 15.4 Å². The first kappa shape index (κ1) is 21.9. The van der Waals surface area contributed by atoms with Gasteiger partial charge in [0.05, 0.1) is 12.7 Å². The SMILES string of the molecule is CCCNC(=O)[C@@H](C)NC(=O)COC(=O)/C=C/c1ccc(C(=O)OC)cc1. The fraction of sp³-hybridized carbons (Fsp3) is 0.368. The maximum Gasteiger partial charge on any atom is 0.337 e. The van der Waals surface area contributed by atoms with Crippen molar-refractivity contribution in [2.45, 2.75) is 26.3 Å². The maximum atomic E-state index is 11.7. The second-order valence-corrected chi connectivity index (χ2v) is 5.63. The smallest absolute Gasteiger partial charge is 0.337 e. The number of amides is 2. The number of carbonyl (C=O) groups excluding carboxylic acids is 4. The fourth-order valence-corrected chi connectivity index (χ4v) is 1.95. The van der Waals surface area contributed by atoms with Gasteiger partial charge in [-0.05, 0) is 37.1 Å². The number of methoxy groups -OCH3 is 1. The zero-order valence-corrected chi connectivity index (χ0v) is 15.6. The quantitative estimate of drug-likeness (QED) is 0.492. The highest BCUT2D eigenvalue weighted by Crippen LogP contribution is 2.07. The predicted molar refractivity (Wildman–Crippen MR) is 98.7 cm³/mol. The molecule has 0 aliphatic rings. The van der Waals surface area contributed by atoms with Crippen LogP contribution in [0, 0.1) is 0 Å². The van der Waals surface area contributed by atoms with Crippen LogP contribution in [-0.2, 0) is 23.9 Å². The van der Waals surface area contributed by atoms with Crippen molar-refractivity contribution in [1.82, 2.24) is 10.6 Å². The van der Waals surface area contributed by atoms with E-state index in [-0.39, 0.29) is 5.91 Å². The fourth-order valence-electron chi connectivity index (χ4n) is 1.95. The lowest BCUT2D eigenvalue weighted by Gasteiger charge is -2.13. The molecule has 1 atom stereocenters. The predicted octanol–water partition coefficient (Wildman–Crippen LogP) is 1.06. The highest BCUT2D eigenvalue weighted by atomic mass is 16.5. The summed E-state index contributed by atoms with van der Waals surface area (Å²) in [6.45, 7) is 3.50. The van der Waals surface area contributed by atoms with Gasteiger partial charge in [0.1, 0.15) is 6.04 Å². The minimum atomic E-state index is -0.716. The first-order chi connectivity index (χ1) is 12.9. The average molecular weight is 376 g/mol. The average Bonchev–Trinajstić information content (AvgIpc) is 2.68. The lowest BCUT2D eigenvalue weighted by Crippen LogP contribution is -2.46. The van der Waals surface area contributed by atoms with Gasteiger partial charge in [0.25, 0.3) is 5.91 Å². The highest BCUT2D eigenvalue weighted by Gasteiger charge is 2.15. The molecule has 0 aliphatic carbocycles. The molecular weight excluding hydrogens is 352 g/mol. The summed E-state index contributed by atoms with van der Waals surface area (Å²) >= 11 is 0. The highest BCUT2D eigenvalue weighted by molar-refractivity contribution is 5.92. The Morgan fingerprint density at radius 3 is 2.41 bits per heavy atom. The summed E-state index contributed by atoms with van der Waals surface area (Å²) in [5.74, 6) is -2.02. The summed E-state index contributed by atoms with van der Waals surface area (Å²) in [5.41, 5.74) is 1.07. The second kappa shape index (κ2) is 11.5. The molecule has 0 saturated heterocycles. The molecule has 1 rings (SSSR count). The van der Waals surface area contributed by atoms with E-state index in [0.29, 0.717) is 17.7 Å². The zero-order valence-electron chi connectivity index (χ0n) is 15.6. The van der Waals surface area contributed by atoms with Gasteiger partial charge in [0.15, 0.2) is 6.61 Å². The Kier molecular flexibility index (Phi) is 9.28. The summed E-state index contributed by atoms with van der Waals surface area (Å²) in [6.07, 6.45) is 3.45. The largest absolute Gasteiger partial charge is 0.465 e. The molecule has 8 nitrogen and oxygen atoms in total. The van der Waals surface area contributed by atoms with Crippen molar-refractivity contribution >= 4 is 29.8 Å². The number of hydrogen-bond acceptors (Lipinski definition) is 6. The van der Waals surface area contributed by atoms with Crippen molar-refractivity contribution in [2.24, 2.45) is 0 Å². The first-order valence-electron chi connectivity index (χ1n) is 8.47.